The number of carbonyl (C=O) groups excluding carboxylic acids is 2. The number of ketones is 1. The van der Waals surface area contributed by atoms with Gasteiger partial charge in [-0.1, -0.05) is 62.2 Å². The van der Waals surface area contributed by atoms with Gasteiger partial charge in [-0.3, -0.25) is 9.59 Å². The average molecular weight is 463 g/mol. The van der Waals surface area contributed by atoms with Crippen LogP contribution in [0.5, 0.6) is 0 Å². The topological polar surface area (TPSA) is 52.6 Å². The Morgan fingerprint density at radius 2 is 1.62 bits per heavy atom. The fraction of sp³-hybridized carbons (Fsp3) is 0.467. The van der Waals surface area contributed by atoms with E-state index in [1.807, 2.05) is 63.2 Å². The zero-order chi connectivity index (χ0) is 25.0. The van der Waals surface area contributed by atoms with Crippen LogP contribution in [0.25, 0.3) is 0 Å². The summed E-state index contributed by atoms with van der Waals surface area (Å²) < 4.78 is 11.2. The van der Waals surface area contributed by atoms with E-state index in [4.69, 9.17) is 9.47 Å². The van der Waals surface area contributed by atoms with Crippen LogP contribution in [0.15, 0.2) is 54.6 Å². The summed E-state index contributed by atoms with van der Waals surface area (Å²) in [4.78, 5) is 25.3. The molecule has 34 heavy (non-hydrogen) atoms. The number of rotatable bonds is 11. The van der Waals surface area contributed by atoms with Crippen molar-refractivity contribution in [1.29, 1.82) is 0 Å². The van der Waals surface area contributed by atoms with E-state index in [9.17, 15) is 9.59 Å². The number of ether oxygens (including phenoxy) is 2. The molecule has 1 unspecified atom stereocenters. The van der Waals surface area contributed by atoms with Crippen LogP contribution in [0.3, 0.4) is 0 Å². The maximum atomic E-state index is 12.9. The van der Waals surface area contributed by atoms with E-state index in [-0.39, 0.29) is 18.2 Å². The summed E-state index contributed by atoms with van der Waals surface area (Å²) in [5.74, 6) is 5.18. The maximum Gasteiger partial charge on any atom is 0.307 e. The first-order valence-electron chi connectivity index (χ1n) is 12.1. The molecule has 4 heteroatoms. The number of benzene rings is 2. The molecule has 0 aromatic heterocycles. The molecule has 0 bridgehead atoms. The highest BCUT2D eigenvalue weighted by molar-refractivity contribution is 5.99. The molecule has 2 aromatic carbocycles. The Morgan fingerprint density at radius 3 is 2.24 bits per heavy atom. The molecular formula is C30H38O4. The largest absolute Gasteiger partial charge is 0.460 e. The predicted molar refractivity (Wildman–Crippen MR) is 136 cm³/mol. The van der Waals surface area contributed by atoms with Crippen LogP contribution in [0.4, 0.5) is 0 Å². The van der Waals surface area contributed by atoms with Crippen LogP contribution in [0.2, 0.25) is 0 Å². The second kappa shape index (κ2) is 13.7. The molecule has 1 atom stereocenters. The lowest BCUT2D eigenvalue weighted by molar-refractivity contribution is -0.157. The third-order valence-corrected chi connectivity index (χ3v) is 5.08. The zero-order valence-electron chi connectivity index (χ0n) is 21.2. The molecule has 0 saturated carbocycles. The van der Waals surface area contributed by atoms with Gasteiger partial charge in [0.1, 0.15) is 5.60 Å². The first kappa shape index (κ1) is 27.3. The standard InChI is InChI=1S/C30H38O4/c1-23(2)20-25-15-13-24(14-16-25)17-18-28(31)27(21-29(32)34-30(3,4)5)12-9-19-33-22-26-10-7-6-8-11-26/h6-8,10-11,13-16,23,27H,9,12,19-22H2,1-5H3. The summed E-state index contributed by atoms with van der Waals surface area (Å²) in [6.45, 7) is 10.9. The van der Waals surface area contributed by atoms with Crippen molar-refractivity contribution in [3.05, 3.63) is 71.3 Å². The Labute approximate surface area is 205 Å². The fourth-order valence-electron chi connectivity index (χ4n) is 3.54. The van der Waals surface area contributed by atoms with Crippen molar-refractivity contribution in [2.24, 2.45) is 11.8 Å². The highest BCUT2D eigenvalue weighted by Crippen LogP contribution is 2.18. The van der Waals surface area contributed by atoms with E-state index < -0.39 is 11.5 Å². The second-order valence-corrected chi connectivity index (χ2v) is 10.1. The minimum absolute atomic E-state index is 0.0246. The Hall–Kier alpha value is -2.90. The van der Waals surface area contributed by atoms with Crippen molar-refractivity contribution in [3.63, 3.8) is 0 Å². The monoisotopic (exact) mass is 462 g/mol. The Balaban J connectivity index is 1.96. The van der Waals surface area contributed by atoms with Crippen molar-refractivity contribution in [2.45, 2.75) is 72.5 Å². The molecule has 0 heterocycles. The summed E-state index contributed by atoms with van der Waals surface area (Å²) in [7, 11) is 0. The lowest BCUT2D eigenvalue weighted by atomic mass is 9.94. The van der Waals surface area contributed by atoms with Gasteiger partial charge in [0.05, 0.1) is 13.0 Å². The van der Waals surface area contributed by atoms with Gasteiger partial charge >= 0.3 is 5.97 Å². The minimum Gasteiger partial charge on any atom is -0.460 e. The van der Waals surface area contributed by atoms with E-state index in [1.54, 1.807) is 0 Å². The van der Waals surface area contributed by atoms with Crippen molar-refractivity contribution < 1.29 is 19.1 Å². The molecule has 182 valence electrons. The highest BCUT2D eigenvalue weighted by Gasteiger charge is 2.24. The predicted octanol–water partition coefficient (Wildman–Crippen LogP) is 6.15. The van der Waals surface area contributed by atoms with E-state index >= 15 is 0 Å². The van der Waals surface area contributed by atoms with Crippen molar-refractivity contribution in [1.82, 2.24) is 0 Å². The molecule has 4 nitrogen and oxygen atoms in total. The van der Waals surface area contributed by atoms with Gasteiger partial charge in [0.2, 0.25) is 5.78 Å². The van der Waals surface area contributed by atoms with Crippen LogP contribution < -0.4 is 0 Å². The summed E-state index contributed by atoms with van der Waals surface area (Å²) in [5.41, 5.74) is 2.56. The number of hydrogen-bond acceptors (Lipinski definition) is 4. The van der Waals surface area contributed by atoms with E-state index in [2.05, 4.69) is 37.8 Å². The summed E-state index contributed by atoms with van der Waals surface area (Å²) in [6.07, 6.45) is 2.22. The average Bonchev–Trinajstić information content (AvgIpc) is 2.76. The molecule has 0 saturated heterocycles. The zero-order valence-corrected chi connectivity index (χ0v) is 21.2. The molecule has 0 fully saturated rings. The maximum absolute atomic E-state index is 12.9. The molecule has 0 radical (unpaired) electrons. The van der Waals surface area contributed by atoms with Crippen molar-refractivity contribution in [2.75, 3.05) is 6.61 Å². The van der Waals surface area contributed by atoms with Crippen LogP contribution >= 0.6 is 0 Å². The molecule has 0 aliphatic rings. The van der Waals surface area contributed by atoms with Gasteiger partial charge in [-0.25, -0.2) is 0 Å². The molecule has 2 aromatic rings. The second-order valence-electron chi connectivity index (χ2n) is 10.1. The van der Waals surface area contributed by atoms with Gasteiger partial charge in [-0.2, -0.15) is 0 Å². The fourth-order valence-corrected chi connectivity index (χ4v) is 3.54. The first-order valence-corrected chi connectivity index (χ1v) is 12.1. The quantitative estimate of drug-likeness (QED) is 0.228. The van der Waals surface area contributed by atoms with Gasteiger partial charge in [0.25, 0.3) is 0 Å². The minimum atomic E-state index is -0.590. The summed E-state index contributed by atoms with van der Waals surface area (Å²) >= 11 is 0. The molecular weight excluding hydrogens is 424 g/mol. The molecule has 2 rings (SSSR count). The molecule has 0 amide bonds. The van der Waals surface area contributed by atoms with Crippen LogP contribution in [0.1, 0.15) is 70.6 Å². The summed E-state index contributed by atoms with van der Waals surface area (Å²) in [5, 5.41) is 0. The normalized spacial score (nSPS) is 12.1. The van der Waals surface area contributed by atoms with E-state index in [0.717, 1.165) is 17.5 Å². The number of hydrogen-bond donors (Lipinski definition) is 0. The number of Topliss-reactive ketones (excluding diaryl/α,β-unsaturated/α-hetero) is 1. The van der Waals surface area contributed by atoms with E-state index in [0.29, 0.717) is 32.0 Å². The third kappa shape index (κ3) is 11.3. The van der Waals surface area contributed by atoms with Gasteiger partial charge in [-0.05, 0) is 75.1 Å². The van der Waals surface area contributed by atoms with Gasteiger partial charge < -0.3 is 9.47 Å². The first-order chi connectivity index (χ1) is 16.1. The van der Waals surface area contributed by atoms with Gasteiger partial charge in [0.15, 0.2) is 0 Å². The van der Waals surface area contributed by atoms with E-state index in [1.165, 1.54) is 5.56 Å². The van der Waals surface area contributed by atoms with Crippen LogP contribution in [0, 0.1) is 23.7 Å². The SMILES string of the molecule is CC(C)Cc1ccc(C#CC(=O)C(CCCOCc2ccccc2)CC(=O)OC(C)(C)C)cc1. The highest BCUT2D eigenvalue weighted by atomic mass is 16.6. The molecule has 0 N–H and O–H groups in total. The summed E-state index contributed by atoms with van der Waals surface area (Å²) in [6, 6.07) is 17.9. The van der Waals surface area contributed by atoms with Crippen LogP contribution in [-0.2, 0) is 32.1 Å². The lowest BCUT2D eigenvalue weighted by Crippen LogP contribution is -2.27. The lowest BCUT2D eigenvalue weighted by Gasteiger charge is -2.21. The number of esters is 1. The van der Waals surface area contributed by atoms with Gasteiger partial charge in [-0.15, -0.1) is 0 Å². The van der Waals surface area contributed by atoms with Crippen molar-refractivity contribution >= 4 is 11.8 Å². The molecule has 0 aliphatic heterocycles. The van der Waals surface area contributed by atoms with Gasteiger partial charge in [0, 0.05) is 18.1 Å². The Kier molecular flexibility index (Phi) is 11.0. The van der Waals surface area contributed by atoms with Crippen molar-refractivity contribution in [3.8, 4) is 11.8 Å². The Morgan fingerprint density at radius 1 is 0.941 bits per heavy atom. The molecule has 0 spiro atoms. The third-order valence-electron chi connectivity index (χ3n) is 5.08. The molecule has 0 aliphatic carbocycles. The number of carbonyl (C=O) groups is 2. The smallest absolute Gasteiger partial charge is 0.307 e. The Bertz CT molecular complexity index is 957. The van der Waals surface area contributed by atoms with Crippen LogP contribution in [-0.4, -0.2) is 24.0 Å².